The Labute approximate surface area is 103 Å². The van der Waals surface area contributed by atoms with Gasteiger partial charge in [-0.2, -0.15) is 5.26 Å². The molecule has 1 aromatic rings. The van der Waals surface area contributed by atoms with Crippen LogP contribution in [0.15, 0.2) is 18.2 Å². The smallest absolute Gasteiger partial charge is 0.123 e. The lowest BCUT2D eigenvalue weighted by Crippen LogP contribution is -2.27. The van der Waals surface area contributed by atoms with Gasteiger partial charge >= 0.3 is 0 Å². The molecule has 3 heteroatoms. The summed E-state index contributed by atoms with van der Waals surface area (Å²) >= 11 is 0. The topological polar surface area (TPSA) is 45.0 Å². The third-order valence-electron chi connectivity index (χ3n) is 2.62. The Morgan fingerprint density at radius 3 is 2.71 bits per heavy atom. The first-order valence-corrected chi connectivity index (χ1v) is 5.74. The zero-order chi connectivity index (χ0) is 12.9. The van der Waals surface area contributed by atoms with Crippen LogP contribution in [0.4, 0.5) is 0 Å². The molecular formula is C14H20N2O. The Bertz CT molecular complexity index is 419. The molecule has 0 heterocycles. The largest absolute Gasteiger partial charge is 0.496 e. The maximum absolute atomic E-state index is 8.92. The number of nitrogens with one attached hydrogen (secondary N) is 1. The summed E-state index contributed by atoms with van der Waals surface area (Å²) in [6.45, 7) is 7.29. The van der Waals surface area contributed by atoms with E-state index in [9.17, 15) is 0 Å². The summed E-state index contributed by atoms with van der Waals surface area (Å²) in [5.41, 5.74) is 2.00. The molecule has 3 nitrogen and oxygen atoms in total. The second kappa shape index (κ2) is 5.70. The zero-order valence-corrected chi connectivity index (χ0v) is 11.0. The van der Waals surface area contributed by atoms with Gasteiger partial charge in [-0.15, -0.1) is 0 Å². The van der Waals surface area contributed by atoms with Crippen molar-refractivity contribution in [2.24, 2.45) is 5.41 Å². The van der Waals surface area contributed by atoms with Gasteiger partial charge < -0.3 is 10.1 Å². The van der Waals surface area contributed by atoms with Crippen LogP contribution in [0.2, 0.25) is 0 Å². The first kappa shape index (κ1) is 13.5. The van der Waals surface area contributed by atoms with Crippen LogP contribution in [0.3, 0.4) is 0 Å². The van der Waals surface area contributed by atoms with Gasteiger partial charge in [-0.1, -0.05) is 17.7 Å². The third-order valence-corrected chi connectivity index (χ3v) is 2.62. The van der Waals surface area contributed by atoms with E-state index in [0.717, 1.165) is 17.9 Å². The van der Waals surface area contributed by atoms with Crippen LogP contribution in [0.1, 0.15) is 25.0 Å². The number of nitriles is 1. The second-order valence-electron chi connectivity index (χ2n) is 4.91. The number of benzene rings is 1. The van der Waals surface area contributed by atoms with Crippen LogP contribution in [-0.4, -0.2) is 13.7 Å². The molecule has 0 fully saturated rings. The van der Waals surface area contributed by atoms with Crippen LogP contribution in [0.25, 0.3) is 0 Å². The van der Waals surface area contributed by atoms with Crippen molar-refractivity contribution in [1.29, 1.82) is 5.26 Å². The molecule has 1 rings (SSSR count). The summed E-state index contributed by atoms with van der Waals surface area (Å²) in [6.07, 6.45) is 0. The molecule has 1 aromatic carbocycles. The molecule has 0 atom stereocenters. The average Bonchev–Trinajstić information content (AvgIpc) is 2.29. The Hall–Kier alpha value is -1.53. The molecule has 0 spiro atoms. The molecule has 0 radical (unpaired) electrons. The monoisotopic (exact) mass is 232 g/mol. The first-order chi connectivity index (χ1) is 7.98. The Morgan fingerprint density at radius 1 is 1.41 bits per heavy atom. The van der Waals surface area contributed by atoms with E-state index in [1.807, 2.05) is 26.0 Å². The minimum Gasteiger partial charge on any atom is -0.496 e. The lowest BCUT2D eigenvalue weighted by molar-refractivity contribution is 0.401. The predicted octanol–water partition coefficient (Wildman–Crippen LogP) is 2.64. The molecule has 0 aliphatic rings. The van der Waals surface area contributed by atoms with Crippen LogP contribution < -0.4 is 10.1 Å². The highest BCUT2D eigenvalue weighted by Gasteiger charge is 2.15. The molecule has 0 aliphatic carbocycles. The fourth-order valence-electron chi connectivity index (χ4n) is 1.59. The molecule has 0 aromatic heterocycles. The minimum absolute atomic E-state index is 0.336. The fraction of sp³-hybridized carbons (Fsp3) is 0.500. The maximum Gasteiger partial charge on any atom is 0.123 e. The number of aryl methyl sites for hydroxylation is 1. The summed E-state index contributed by atoms with van der Waals surface area (Å²) in [4.78, 5) is 0. The molecule has 17 heavy (non-hydrogen) atoms. The highest BCUT2D eigenvalue weighted by molar-refractivity contribution is 5.36. The highest BCUT2D eigenvalue weighted by Crippen LogP contribution is 2.20. The van der Waals surface area contributed by atoms with Gasteiger partial charge in [0.25, 0.3) is 0 Å². The van der Waals surface area contributed by atoms with Gasteiger partial charge in [0.05, 0.1) is 18.6 Å². The maximum atomic E-state index is 8.92. The van der Waals surface area contributed by atoms with E-state index in [1.54, 1.807) is 7.11 Å². The Balaban J connectivity index is 2.63. The number of hydrogen-bond acceptors (Lipinski definition) is 3. The average molecular weight is 232 g/mol. The van der Waals surface area contributed by atoms with Crippen LogP contribution in [0.5, 0.6) is 5.75 Å². The van der Waals surface area contributed by atoms with Gasteiger partial charge in [-0.05, 0) is 26.8 Å². The number of methoxy groups -OCH3 is 1. The Kier molecular flexibility index (Phi) is 4.53. The first-order valence-electron chi connectivity index (χ1n) is 5.74. The SMILES string of the molecule is COc1ccc(C)cc1CNCC(C)(C)C#N. The standard InChI is InChI=1S/C14H20N2O/c1-11-5-6-13(17-4)12(7-11)8-16-10-14(2,3)9-15/h5-7,16H,8,10H2,1-4H3. The second-order valence-corrected chi connectivity index (χ2v) is 4.91. The molecule has 0 saturated heterocycles. The molecular weight excluding hydrogens is 212 g/mol. The van der Waals surface area contributed by atoms with Gasteiger partial charge in [-0.3, -0.25) is 0 Å². The van der Waals surface area contributed by atoms with Crippen molar-refractivity contribution in [3.05, 3.63) is 29.3 Å². The predicted molar refractivity (Wildman–Crippen MR) is 68.8 cm³/mol. The van der Waals surface area contributed by atoms with Crippen molar-refractivity contribution < 1.29 is 4.74 Å². The molecule has 0 amide bonds. The fourth-order valence-corrected chi connectivity index (χ4v) is 1.59. The van der Waals surface area contributed by atoms with E-state index < -0.39 is 0 Å². The number of hydrogen-bond donors (Lipinski definition) is 1. The van der Waals surface area contributed by atoms with Crippen LogP contribution >= 0.6 is 0 Å². The normalized spacial score (nSPS) is 11.0. The van der Waals surface area contributed by atoms with E-state index in [0.29, 0.717) is 6.54 Å². The quantitative estimate of drug-likeness (QED) is 0.848. The van der Waals surface area contributed by atoms with Gasteiger partial charge in [0, 0.05) is 18.7 Å². The lowest BCUT2D eigenvalue weighted by Gasteiger charge is -2.17. The van der Waals surface area contributed by atoms with Crippen molar-refractivity contribution in [3.8, 4) is 11.8 Å². The number of rotatable bonds is 5. The summed E-state index contributed by atoms with van der Waals surface area (Å²) in [5, 5.41) is 12.2. The lowest BCUT2D eigenvalue weighted by atomic mass is 9.96. The van der Waals surface area contributed by atoms with Crippen molar-refractivity contribution in [1.82, 2.24) is 5.32 Å². The Morgan fingerprint density at radius 2 is 2.12 bits per heavy atom. The molecule has 0 unspecified atom stereocenters. The van der Waals surface area contributed by atoms with Crippen molar-refractivity contribution >= 4 is 0 Å². The summed E-state index contributed by atoms with van der Waals surface area (Å²) in [5.74, 6) is 0.887. The summed E-state index contributed by atoms with van der Waals surface area (Å²) in [6, 6.07) is 8.38. The third kappa shape index (κ3) is 4.08. The van der Waals surface area contributed by atoms with Crippen molar-refractivity contribution in [3.63, 3.8) is 0 Å². The summed E-state index contributed by atoms with van der Waals surface area (Å²) < 4.78 is 5.30. The number of ether oxygens (including phenoxy) is 1. The minimum atomic E-state index is -0.336. The molecule has 0 aliphatic heterocycles. The molecule has 0 bridgehead atoms. The zero-order valence-electron chi connectivity index (χ0n) is 11.0. The van der Waals surface area contributed by atoms with E-state index in [2.05, 4.69) is 24.4 Å². The summed E-state index contributed by atoms with van der Waals surface area (Å²) in [7, 11) is 1.67. The van der Waals surface area contributed by atoms with Gasteiger partial charge in [-0.25, -0.2) is 0 Å². The van der Waals surface area contributed by atoms with Gasteiger partial charge in [0.1, 0.15) is 5.75 Å². The van der Waals surface area contributed by atoms with Crippen LogP contribution in [0, 0.1) is 23.7 Å². The number of nitrogens with zero attached hydrogens (tertiary/aromatic N) is 1. The van der Waals surface area contributed by atoms with E-state index in [1.165, 1.54) is 5.56 Å². The van der Waals surface area contributed by atoms with Crippen molar-refractivity contribution in [2.75, 3.05) is 13.7 Å². The molecule has 1 N–H and O–H groups in total. The molecule has 0 saturated carbocycles. The van der Waals surface area contributed by atoms with E-state index in [-0.39, 0.29) is 5.41 Å². The van der Waals surface area contributed by atoms with E-state index >= 15 is 0 Å². The van der Waals surface area contributed by atoms with E-state index in [4.69, 9.17) is 10.00 Å². The molecule has 92 valence electrons. The highest BCUT2D eigenvalue weighted by atomic mass is 16.5. The van der Waals surface area contributed by atoms with Crippen LogP contribution in [-0.2, 0) is 6.54 Å². The van der Waals surface area contributed by atoms with Gasteiger partial charge in [0.15, 0.2) is 0 Å². The van der Waals surface area contributed by atoms with Crippen molar-refractivity contribution in [2.45, 2.75) is 27.3 Å². The van der Waals surface area contributed by atoms with Gasteiger partial charge in [0.2, 0.25) is 0 Å².